The number of thiophene rings is 1. The summed E-state index contributed by atoms with van der Waals surface area (Å²) in [5, 5.41) is 37.1. The molecule has 1 unspecified atom stereocenters. The molecular weight excluding hydrogens is 332 g/mol. The van der Waals surface area contributed by atoms with E-state index in [0.717, 1.165) is 17.4 Å². The molecule has 1 atom stereocenters. The predicted molar refractivity (Wildman–Crippen MR) is 77.6 cm³/mol. The summed E-state index contributed by atoms with van der Waals surface area (Å²) in [5.41, 5.74) is 9.93. The van der Waals surface area contributed by atoms with Crippen LogP contribution in [0.25, 0.3) is 0 Å². The van der Waals surface area contributed by atoms with Crippen LogP contribution in [0.3, 0.4) is 0 Å². The third-order valence-corrected chi connectivity index (χ3v) is 4.43. The van der Waals surface area contributed by atoms with Gasteiger partial charge in [0, 0.05) is 5.38 Å². The molecule has 0 saturated carbocycles. The Morgan fingerprint density at radius 2 is 2.04 bits per heavy atom. The van der Waals surface area contributed by atoms with E-state index in [4.69, 9.17) is 11.5 Å². The minimum Gasteiger partial charge on any atom is -0.612 e. The Hall–Kier alpha value is -3.35. The van der Waals surface area contributed by atoms with E-state index in [-0.39, 0.29) is 32.2 Å². The summed E-state index contributed by atoms with van der Waals surface area (Å²) >= 11 is 1.01. The smallest absolute Gasteiger partial charge is 0.289 e. The molecule has 120 valence electrons. The number of nitro groups is 1. The van der Waals surface area contributed by atoms with Crippen molar-refractivity contribution >= 4 is 28.4 Å². The Labute approximate surface area is 129 Å². The molecule has 0 spiro atoms. The Bertz CT molecular complexity index is 932. The molecule has 23 heavy (non-hydrogen) atoms. The number of nitrogens with one attached hydrogen (secondary N) is 1. The number of aromatic nitrogens is 2. The number of nitrogens with two attached hydrogens (primary N) is 2. The number of anilines is 2. The normalized spacial score (nSPS) is 16.8. The van der Waals surface area contributed by atoms with Crippen LogP contribution in [0.4, 0.5) is 11.4 Å². The molecule has 0 radical (unpaired) electrons. The van der Waals surface area contributed by atoms with Crippen LogP contribution in [-0.2, 0) is 0 Å². The first-order chi connectivity index (χ1) is 10.8. The standard InChI is InChI=1S/C10H8N6O6S/c11-3-2-23-10(7(3)12)6-4(14(17)18)1-5(15(19)20)8-9(6)16(21)22-13-8/h1-2,6,13H,11-12H2. The van der Waals surface area contributed by atoms with Crippen LogP contribution < -0.4 is 16.1 Å². The number of nitrogens with zero attached hydrogens (tertiary/aromatic N) is 3. The van der Waals surface area contributed by atoms with Crippen molar-refractivity contribution in [1.82, 2.24) is 5.16 Å². The summed E-state index contributed by atoms with van der Waals surface area (Å²) in [5.74, 6) is -1.24. The lowest BCUT2D eigenvalue weighted by Crippen LogP contribution is -2.30. The quantitative estimate of drug-likeness (QED) is 0.381. The lowest BCUT2D eigenvalue weighted by molar-refractivity contribution is -0.720. The molecule has 0 aromatic carbocycles. The van der Waals surface area contributed by atoms with Gasteiger partial charge < -0.3 is 21.9 Å². The molecule has 1 aliphatic carbocycles. The number of hydrogen-bond donors (Lipinski definition) is 3. The SMILES string of the molecule is Nc1csc(C2C([N+](=O)[O-])=CC(=[N+]([O-])[O-])c3[nH]o[n+](=O)c32)c1N. The van der Waals surface area contributed by atoms with E-state index in [1.54, 1.807) is 0 Å². The number of aromatic amines is 1. The second-order valence-corrected chi connectivity index (χ2v) is 5.49. The second kappa shape index (κ2) is 4.84. The number of H-pyrrole nitrogens is 1. The first kappa shape index (κ1) is 14.6. The van der Waals surface area contributed by atoms with Gasteiger partial charge in [-0.25, -0.2) is 0 Å². The predicted octanol–water partition coefficient (Wildman–Crippen LogP) is -0.149. The lowest BCUT2D eigenvalue weighted by Gasteiger charge is -2.14. The molecular formula is C10H8N6O6S. The van der Waals surface area contributed by atoms with Crippen LogP contribution in [0.1, 0.15) is 22.2 Å². The highest BCUT2D eigenvalue weighted by Crippen LogP contribution is 2.43. The molecule has 0 bridgehead atoms. The first-order valence-electron chi connectivity index (χ1n) is 5.97. The number of nitrogen functional groups attached to an aromatic ring is 2. The van der Waals surface area contributed by atoms with Gasteiger partial charge in [-0.05, 0) is 4.91 Å². The largest absolute Gasteiger partial charge is 0.612 e. The van der Waals surface area contributed by atoms with Crippen LogP contribution >= 0.6 is 11.3 Å². The monoisotopic (exact) mass is 340 g/mol. The van der Waals surface area contributed by atoms with E-state index in [1.165, 1.54) is 5.38 Å². The van der Waals surface area contributed by atoms with Crippen molar-refractivity contribution in [3.63, 3.8) is 0 Å². The molecule has 0 fully saturated rings. The summed E-state index contributed by atoms with van der Waals surface area (Å²) in [4.78, 5) is 21.8. The Kier molecular flexibility index (Phi) is 3.07. The Balaban J connectivity index is 2.37. The van der Waals surface area contributed by atoms with Gasteiger partial charge in [-0.2, -0.15) is 4.90 Å². The molecule has 2 heterocycles. The van der Waals surface area contributed by atoms with Crippen molar-refractivity contribution in [3.8, 4) is 0 Å². The van der Waals surface area contributed by atoms with Crippen molar-refractivity contribution in [2.45, 2.75) is 5.92 Å². The minimum atomic E-state index is -1.24. The van der Waals surface area contributed by atoms with E-state index in [9.17, 15) is 25.4 Å². The molecule has 2 aromatic heterocycles. The molecule has 12 nitrogen and oxygen atoms in total. The number of fused-ring (bicyclic) bond motifs is 1. The fourth-order valence-corrected chi connectivity index (χ4v) is 3.32. The summed E-state index contributed by atoms with van der Waals surface area (Å²) in [6.07, 6.45) is 0.772. The van der Waals surface area contributed by atoms with Crippen LogP contribution in [0.5, 0.6) is 0 Å². The van der Waals surface area contributed by atoms with Crippen molar-refractivity contribution in [1.29, 1.82) is 0 Å². The topological polar surface area (TPSA) is 196 Å². The van der Waals surface area contributed by atoms with Gasteiger partial charge in [-0.1, -0.05) is 9.79 Å². The number of hydrogen-bond acceptors (Lipinski definition) is 9. The fourth-order valence-electron chi connectivity index (χ4n) is 2.33. The summed E-state index contributed by atoms with van der Waals surface area (Å²) in [6, 6.07) is 0. The van der Waals surface area contributed by atoms with Gasteiger partial charge in [0.25, 0.3) is 22.8 Å². The first-order valence-corrected chi connectivity index (χ1v) is 6.85. The second-order valence-electron chi connectivity index (χ2n) is 4.58. The van der Waals surface area contributed by atoms with Gasteiger partial charge in [0.15, 0.2) is 10.5 Å². The zero-order valence-electron chi connectivity index (χ0n) is 11.1. The van der Waals surface area contributed by atoms with E-state index < -0.39 is 27.2 Å². The zero-order valence-corrected chi connectivity index (χ0v) is 11.9. The summed E-state index contributed by atoms with van der Waals surface area (Å²) < 4.78 is 4.47. The van der Waals surface area contributed by atoms with Gasteiger partial charge in [-0.15, -0.1) is 11.3 Å². The maximum atomic E-state index is 11.9. The van der Waals surface area contributed by atoms with Gasteiger partial charge in [-0.3, -0.25) is 10.1 Å². The molecule has 5 N–H and O–H groups in total. The highest BCUT2D eigenvalue weighted by molar-refractivity contribution is 7.11. The van der Waals surface area contributed by atoms with Crippen LogP contribution in [-0.4, -0.2) is 20.7 Å². The minimum absolute atomic E-state index is 0.0463. The third kappa shape index (κ3) is 2.02. The molecule has 1 aliphatic rings. The average Bonchev–Trinajstić information content (AvgIpc) is 3.02. The van der Waals surface area contributed by atoms with Crippen LogP contribution in [0, 0.1) is 25.4 Å². The van der Waals surface area contributed by atoms with Crippen molar-refractivity contribution in [3.05, 3.63) is 58.9 Å². The Morgan fingerprint density at radius 3 is 2.57 bits per heavy atom. The van der Waals surface area contributed by atoms with E-state index in [1.807, 2.05) is 0 Å². The Morgan fingerprint density at radius 1 is 1.35 bits per heavy atom. The number of rotatable bonds is 2. The van der Waals surface area contributed by atoms with E-state index in [0.29, 0.717) is 0 Å². The molecule has 3 rings (SSSR count). The molecule has 0 saturated heterocycles. The van der Waals surface area contributed by atoms with E-state index in [2.05, 4.69) is 9.79 Å². The lowest BCUT2D eigenvalue weighted by atomic mass is 9.90. The summed E-state index contributed by atoms with van der Waals surface area (Å²) in [6.45, 7) is 0. The fraction of sp³-hybridized carbons (Fsp3) is 0.100. The van der Waals surface area contributed by atoms with Gasteiger partial charge in [0.1, 0.15) is 0 Å². The maximum Gasteiger partial charge on any atom is 0.289 e. The molecule has 2 aromatic rings. The molecule has 0 amide bonds. The van der Waals surface area contributed by atoms with Crippen molar-refractivity contribution in [2.24, 2.45) is 0 Å². The van der Waals surface area contributed by atoms with E-state index >= 15 is 0 Å². The molecule has 13 heteroatoms. The summed E-state index contributed by atoms with van der Waals surface area (Å²) in [7, 11) is 0. The van der Waals surface area contributed by atoms with Gasteiger partial charge in [0.2, 0.25) is 0 Å². The highest BCUT2D eigenvalue weighted by atomic mass is 32.1. The van der Waals surface area contributed by atoms with Gasteiger partial charge in [0.05, 0.1) is 27.3 Å². The highest BCUT2D eigenvalue weighted by Gasteiger charge is 2.49. The average molecular weight is 340 g/mol. The third-order valence-electron chi connectivity index (χ3n) is 3.35. The maximum absolute atomic E-state index is 11.9. The van der Waals surface area contributed by atoms with Crippen molar-refractivity contribution < 1.29 is 19.1 Å². The van der Waals surface area contributed by atoms with Gasteiger partial charge >= 0.3 is 0 Å². The van der Waals surface area contributed by atoms with Crippen molar-refractivity contribution in [2.75, 3.05) is 11.5 Å². The molecule has 0 aliphatic heterocycles. The number of allylic oxidation sites excluding steroid dienone is 2. The zero-order chi connectivity index (χ0) is 16.9. The van der Waals surface area contributed by atoms with Crippen LogP contribution in [0.2, 0.25) is 0 Å². The van der Waals surface area contributed by atoms with Crippen LogP contribution in [0.15, 0.2) is 21.8 Å².